The Kier molecular flexibility index (Phi) is 6.76. The molecule has 2 aliphatic heterocycles. The van der Waals surface area contributed by atoms with Crippen LogP contribution in [-0.4, -0.2) is 80.0 Å². The lowest BCUT2D eigenvalue weighted by Crippen LogP contribution is -2.42. The normalized spacial score (nSPS) is 27.9. The fourth-order valence-corrected chi connectivity index (χ4v) is 6.40. The molecule has 4 atom stereocenters. The number of aromatic amines is 1. The number of hydrogen-bond acceptors (Lipinski definition) is 11. The summed E-state index contributed by atoms with van der Waals surface area (Å²) in [6, 6.07) is 1.48. The van der Waals surface area contributed by atoms with E-state index < -0.39 is 6.04 Å². The number of anilines is 4. The van der Waals surface area contributed by atoms with Gasteiger partial charge in [-0.3, -0.25) is 14.9 Å². The highest BCUT2D eigenvalue weighted by Crippen LogP contribution is 2.45. The van der Waals surface area contributed by atoms with E-state index in [1.54, 1.807) is 19.5 Å². The van der Waals surface area contributed by atoms with Gasteiger partial charge < -0.3 is 25.0 Å². The van der Waals surface area contributed by atoms with Crippen molar-refractivity contribution in [2.24, 2.45) is 11.8 Å². The fourth-order valence-electron chi connectivity index (χ4n) is 6.40. The molecule has 210 valence electrons. The topological polar surface area (TPSA) is 156 Å². The molecule has 2 unspecified atom stereocenters. The maximum Gasteiger partial charge on any atom is 0.248 e. The summed E-state index contributed by atoms with van der Waals surface area (Å²) in [6.45, 7) is 1.91. The maximum absolute atomic E-state index is 13.5. The Morgan fingerprint density at radius 3 is 2.70 bits per heavy atom. The van der Waals surface area contributed by atoms with Gasteiger partial charge in [0.1, 0.15) is 11.9 Å². The third-order valence-corrected chi connectivity index (χ3v) is 8.59. The summed E-state index contributed by atoms with van der Waals surface area (Å²) >= 11 is 0. The van der Waals surface area contributed by atoms with Gasteiger partial charge in [0.25, 0.3) is 0 Å². The van der Waals surface area contributed by atoms with Gasteiger partial charge in [-0.25, -0.2) is 4.98 Å². The second-order valence-corrected chi connectivity index (χ2v) is 11.3. The molecule has 4 aliphatic rings. The molecule has 4 fully saturated rings. The van der Waals surface area contributed by atoms with Crippen LogP contribution >= 0.6 is 0 Å². The minimum absolute atomic E-state index is 0.149. The zero-order valence-electron chi connectivity index (χ0n) is 22.5. The highest BCUT2D eigenvalue weighted by Gasteiger charge is 2.42. The van der Waals surface area contributed by atoms with E-state index in [0.29, 0.717) is 67.5 Å². The quantitative estimate of drug-likeness (QED) is 0.382. The molecule has 7 rings (SSSR count). The van der Waals surface area contributed by atoms with Crippen molar-refractivity contribution in [1.29, 1.82) is 0 Å². The van der Waals surface area contributed by atoms with Crippen LogP contribution in [0.3, 0.4) is 0 Å². The van der Waals surface area contributed by atoms with E-state index in [0.717, 1.165) is 24.4 Å². The van der Waals surface area contributed by atoms with E-state index in [1.807, 2.05) is 11.0 Å². The number of methoxy groups -OCH3 is 1. The number of ether oxygens (including phenoxy) is 2. The molecular weight excluding hydrogens is 512 g/mol. The average Bonchev–Trinajstić information content (AvgIpc) is 3.55. The molecule has 3 aromatic heterocycles. The van der Waals surface area contributed by atoms with Crippen LogP contribution in [0.15, 0.2) is 24.7 Å². The Balaban J connectivity index is 1.23. The van der Waals surface area contributed by atoms with Crippen LogP contribution in [0.2, 0.25) is 0 Å². The van der Waals surface area contributed by atoms with Gasteiger partial charge in [0.15, 0.2) is 11.6 Å². The van der Waals surface area contributed by atoms with Crippen LogP contribution in [0.5, 0.6) is 0 Å². The molecule has 2 bridgehead atoms. The molecule has 0 radical (unpaired) electrons. The molecule has 3 N–H and O–H groups in total. The first-order valence-corrected chi connectivity index (χ1v) is 14.2. The van der Waals surface area contributed by atoms with Crippen LogP contribution in [-0.2, 0) is 14.3 Å². The lowest BCUT2D eigenvalue weighted by Gasteiger charge is -2.41. The molecular formula is C27H34N10O3. The fraction of sp³-hybridized carbons (Fsp3) is 0.593. The average molecular weight is 547 g/mol. The largest absolute Gasteiger partial charge is 0.381 e. The summed E-state index contributed by atoms with van der Waals surface area (Å²) in [5.41, 5.74) is 1.12. The molecule has 2 saturated carbocycles. The molecule has 3 aromatic rings. The summed E-state index contributed by atoms with van der Waals surface area (Å²) in [5, 5.41) is 13.8. The molecule has 40 heavy (non-hydrogen) atoms. The minimum atomic E-state index is -0.545. The highest BCUT2D eigenvalue weighted by atomic mass is 16.5. The molecule has 2 saturated heterocycles. The van der Waals surface area contributed by atoms with E-state index >= 15 is 0 Å². The highest BCUT2D eigenvalue weighted by molar-refractivity contribution is 5.96. The second kappa shape index (κ2) is 10.7. The molecule has 2 aliphatic carbocycles. The number of carbonyl (C=O) groups excluding carboxylic acids is 1. The van der Waals surface area contributed by atoms with Crippen molar-refractivity contribution in [2.45, 2.75) is 62.5 Å². The van der Waals surface area contributed by atoms with Crippen molar-refractivity contribution in [3.8, 4) is 0 Å². The van der Waals surface area contributed by atoms with Crippen LogP contribution in [0.25, 0.3) is 0 Å². The maximum atomic E-state index is 13.5. The SMILES string of the molecule is CO[C@H]1C[C@@H](C(=O)Nc2cnccn2)N(c2nc(Nc3cc(C4CC4)[nH]n3)nc(C3C4CCCC3COC4)n2)C1. The van der Waals surface area contributed by atoms with Crippen molar-refractivity contribution >= 4 is 29.4 Å². The predicted molar refractivity (Wildman–Crippen MR) is 145 cm³/mol. The monoisotopic (exact) mass is 546 g/mol. The number of nitrogens with one attached hydrogen (secondary N) is 3. The molecule has 0 aromatic carbocycles. The Hall–Kier alpha value is -3.71. The van der Waals surface area contributed by atoms with E-state index in [-0.39, 0.29) is 17.9 Å². The van der Waals surface area contributed by atoms with Gasteiger partial charge in [-0.1, -0.05) is 6.42 Å². The number of nitrogens with zero attached hydrogens (tertiary/aromatic N) is 7. The minimum Gasteiger partial charge on any atom is -0.381 e. The van der Waals surface area contributed by atoms with E-state index in [1.165, 1.54) is 25.5 Å². The van der Waals surface area contributed by atoms with Gasteiger partial charge in [0, 0.05) is 56.1 Å². The standard InChI is InChI=1S/C27H34N10O3/c1-39-18-9-20(25(38)30-22-11-28-7-8-29-22)37(12-18)27-33-24(23-16-3-2-4-17(23)14-40-13-16)32-26(34-27)31-21-10-19(35-36-21)15-5-6-15/h7-8,10-11,15-18,20,23H,2-6,9,12-14H2,1H3,(H,29,30,38)(H2,31,32,33,34,35,36)/t16?,17?,18-,20-,23?/m0/s1. The molecule has 5 heterocycles. The van der Waals surface area contributed by atoms with E-state index in [9.17, 15) is 4.79 Å². The van der Waals surface area contributed by atoms with E-state index in [4.69, 9.17) is 24.4 Å². The summed E-state index contributed by atoms with van der Waals surface area (Å²) in [7, 11) is 1.66. The smallest absolute Gasteiger partial charge is 0.248 e. The number of H-pyrrole nitrogens is 1. The third-order valence-electron chi connectivity index (χ3n) is 8.59. The molecule has 0 spiro atoms. The summed E-state index contributed by atoms with van der Waals surface area (Å²) in [4.78, 5) is 38.4. The van der Waals surface area contributed by atoms with Crippen molar-refractivity contribution in [1.82, 2.24) is 35.1 Å². The van der Waals surface area contributed by atoms with Gasteiger partial charge in [-0.15, -0.1) is 0 Å². The Bertz CT molecular complexity index is 1330. The van der Waals surface area contributed by atoms with Crippen LogP contribution in [0.4, 0.5) is 23.5 Å². The third kappa shape index (κ3) is 5.10. The summed E-state index contributed by atoms with van der Waals surface area (Å²) in [6.07, 6.45) is 10.7. The van der Waals surface area contributed by atoms with Crippen molar-refractivity contribution in [2.75, 3.05) is 42.4 Å². The lowest BCUT2D eigenvalue weighted by atomic mass is 9.70. The lowest BCUT2D eigenvalue weighted by molar-refractivity contribution is -0.117. The predicted octanol–water partition coefficient (Wildman–Crippen LogP) is 2.77. The molecule has 1 amide bonds. The van der Waals surface area contributed by atoms with Gasteiger partial charge in [-0.2, -0.15) is 20.1 Å². The Morgan fingerprint density at radius 1 is 1.10 bits per heavy atom. The van der Waals surface area contributed by atoms with Crippen LogP contribution < -0.4 is 15.5 Å². The summed E-state index contributed by atoms with van der Waals surface area (Å²) < 4.78 is 11.6. The Labute approximate surface area is 231 Å². The first kappa shape index (κ1) is 25.3. The zero-order valence-corrected chi connectivity index (χ0v) is 22.5. The first-order valence-electron chi connectivity index (χ1n) is 14.2. The number of rotatable bonds is 8. The van der Waals surface area contributed by atoms with Crippen molar-refractivity contribution in [3.05, 3.63) is 36.2 Å². The number of amides is 1. The second-order valence-electron chi connectivity index (χ2n) is 11.3. The van der Waals surface area contributed by atoms with Crippen LogP contribution in [0.1, 0.15) is 61.9 Å². The Morgan fingerprint density at radius 2 is 1.95 bits per heavy atom. The summed E-state index contributed by atoms with van der Waals surface area (Å²) in [5.74, 6) is 3.95. The van der Waals surface area contributed by atoms with Crippen LogP contribution in [0, 0.1) is 11.8 Å². The van der Waals surface area contributed by atoms with Gasteiger partial charge in [-0.05, 0) is 37.5 Å². The first-order chi connectivity index (χ1) is 19.6. The van der Waals surface area contributed by atoms with Crippen molar-refractivity contribution in [3.63, 3.8) is 0 Å². The number of hydrogen-bond donors (Lipinski definition) is 3. The zero-order chi connectivity index (χ0) is 27.1. The van der Waals surface area contributed by atoms with E-state index in [2.05, 4.69) is 30.8 Å². The van der Waals surface area contributed by atoms with Gasteiger partial charge in [0.05, 0.1) is 25.5 Å². The van der Waals surface area contributed by atoms with Gasteiger partial charge in [0.2, 0.25) is 17.8 Å². The van der Waals surface area contributed by atoms with Gasteiger partial charge >= 0.3 is 0 Å². The molecule has 13 nitrogen and oxygen atoms in total. The molecule has 13 heteroatoms. The van der Waals surface area contributed by atoms with Crippen molar-refractivity contribution < 1.29 is 14.3 Å². The number of aromatic nitrogens is 7. The number of carbonyl (C=O) groups is 1. The number of fused-ring (bicyclic) bond motifs is 2.